The first-order valence-corrected chi connectivity index (χ1v) is 0.289. The number of rotatable bonds is 0. The van der Waals surface area contributed by atoms with Crippen LogP contribution in [0.25, 0.3) is 0 Å². The van der Waals surface area contributed by atoms with E-state index in [0.29, 0.717) is 0 Å². The third-order valence-electron chi connectivity index (χ3n) is 0. The van der Waals surface area contributed by atoms with Gasteiger partial charge in [-0.25, -0.2) is 0 Å². The molecular formula is CH8ORb6. The van der Waals surface area contributed by atoms with E-state index >= 15 is 0 Å². The van der Waals surface area contributed by atoms with Gasteiger partial charge in [-0.3, -0.25) is 0 Å². The zero-order valence-electron chi connectivity index (χ0n) is 1.12. The molecule has 1 nitrogen and oxygen atoms in total. The van der Waals surface area contributed by atoms with Gasteiger partial charge in [-0.2, -0.15) is 0 Å². The van der Waals surface area contributed by atoms with Crippen LogP contribution in [-0.2, 0) is 4.79 Å². The summed E-state index contributed by atoms with van der Waals surface area (Å²) in [4.78, 5) is 8.00. The first-order valence-electron chi connectivity index (χ1n) is 0.289. The van der Waals surface area contributed by atoms with Crippen LogP contribution in [-0.4, -0.2) is 356 Å². The van der Waals surface area contributed by atoms with Crippen molar-refractivity contribution in [1.82, 2.24) is 0 Å². The zero-order chi connectivity index (χ0) is 2.00. The molecule has 0 aliphatic carbocycles. The van der Waals surface area contributed by atoms with Crippen molar-refractivity contribution in [1.29, 1.82) is 0 Å². The Balaban J connectivity index is -0.000000000333. The SMILES string of the molecule is C=O.[RbH].[RbH].[RbH].[RbH].[RbH].[RbH]. The molecule has 0 unspecified atom stereocenters. The Kier molecular flexibility index (Phi) is 231. The van der Waals surface area contributed by atoms with Crippen LogP contribution in [0.4, 0.5) is 0 Å². The van der Waals surface area contributed by atoms with Crippen LogP contribution in [0.2, 0.25) is 0 Å². The van der Waals surface area contributed by atoms with E-state index in [0.717, 1.165) is 0 Å². The van der Waals surface area contributed by atoms with Crippen molar-refractivity contribution >= 4 is 356 Å². The monoisotopic (exact) mass is 546 g/mol. The van der Waals surface area contributed by atoms with Crippen LogP contribution in [0.15, 0.2) is 0 Å². The average Bonchev–Trinajstić information content (AvgIpc) is 1.00. The molecule has 0 amide bonds. The maximum absolute atomic E-state index is 8.00. The van der Waals surface area contributed by atoms with Gasteiger partial charge in [0.1, 0.15) is 6.79 Å². The summed E-state index contributed by atoms with van der Waals surface area (Å²) < 4.78 is 0. The van der Waals surface area contributed by atoms with E-state index in [9.17, 15) is 0 Å². The number of hydrogen-bond acceptors (Lipinski definition) is 1. The normalized spacial score (nSPS) is 0.500. The van der Waals surface area contributed by atoms with E-state index in [-0.39, 0.29) is 349 Å². The van der Waals surface area contributed by atoms with Crippen molar-refractivity contribution in [3.8, 4) is 0 Å². The second-order valence-corrected chi connectivity index (χ2v) is 0. The summed E-state index contributed by atoms with van der Waals surface area (Å²) >= 11 is 0. The molecule has 24 valence electrons. The van der Waals surface area contributed by atoms with Gasteiger partial charge < -0.3 is 4.79 Å². The summed E-state index contributed by atoms with van der Waals surface area (Å²) in [6.45, 7) is 2.00. The standard InChI is InChI=1S/CH2O.6Rb.6H/c1-2;;;;;;;;;;;;/h1H2;;;;;;;;;;;;. The summed E-state index contributed by atoms with van der Waals surface area (Å²) in [6.07, 6.45) is 0. The van der Waals surface area contributed by atoms with E-state index < -0.39 is 0 Å². The van der Waals surface area contributed by atoms with Crippen LogP contribution in [0.3, 0.4) is 0 Å². The fourth-order valence-corrected chi connectivity index (χ4v) is 0. The van der Waals surface area contributed by atoms with E-state index in [1.54, 1.807) is 0 Å². The molecule has 0 atom stereocenters. The summed E-state index contributed by atoms with van der Waals surface area (Å²) in [5.74, 6) is 0. The molecule has 0 bridgehead atoms. The van der Waals surface area contributed by atoms with Crippen molar-refractivity contribution in [2.75, 3.05) is 0 Å². The minimum absolute atomic E-state index is 0. The second-order valence-electron chi connectivity index (χ2n) is 0. The zero-order valence-corrected chi connectivity index (χ0v) is 1.12. The maximum atomic E-state index is 8.00. The van der Waals surface area contributed by atoms with Gasteiger partial charge >= 0.3 is 349 Å². The fourth-order valence-electron chi connectivity index (χ4n) is 0. The quantitative estimate of drug-likeness (QED) is 0.301. The molecule has 0 aliphatic rings. The topological polar surface area (TPSA) is 17.1 Å². The number of carbonyl (C=O) groups excluding carboxylic acids is 1. The Hall–Kier alpha value is 10.5. The Morgan fingerprint density at radius 1 is 0.500 bits per heavy atom. The van der Waals surface area contributed by atoms with Gasteiger partial charge in [0.05, 0.1) is 0 Å². The van der Waals surface area contributed by atoms with Gasteiger partial charge in [0.2, 0.25) is 0 Å². The van der Waals surface area contributed by atoms with Gasteiger partial charge in [-0.15, -0.1) is 0 Å². The van der Waals surface area contributed by atoms with Crippen LogP contribution >= 0.6 is 0 Å². The first kappa shape index (κ1) is 42.8. The molecular weight excluding hydrogens is 541 g/mol. The van der Waals surface area contributed by atoms with Crippen molar-refractivity contribution < 1.29 is 4.79 Å². The molecule has 8 heavy (non-hydrogen) atoms. The van der Waals surface area contributed by atoms with Gasteiger partial charge in [-0.1, -0.05) is 0 Å². The summed E-state index contributed by atoms with van der Waals surface area (Å²) in [5.41, 5.74) is 0. The summed E-state index contributed by atoms with van der Waals surface area (Å²) in [5, 5.41) is 0. The molecule has 0 aromatic heterocycles. The van der Waals surface area contributed by atoms with Gasteiger partial charge in [-0.05, 0) is 0 Å². The van der Waals surface area contributed by atoms with Crippen LogP contribution in [0.1, 0.15) is 0 Å². The molecule has 0 aromatic carbocycles. The van der Waals surface area contributed by atoms with Gasteiger partial charge in [0, 0.05) is 0 Å². The molecule has 0 rings (SSSR count). The van der Waals surface area contributed by atoms with Crippen LogP contribution < -0.4 is 0 Å². The number of hydrogen-bond donors (Lipinski definition) is 0. The average molecular weight is 549 g/mol. The molecule has 7 heteroatoms. The summed E-state index contributed by atoms with van der Waals surface area (Å²) in [6, 6.07) is 0. The van der Waals surface area contributed by atoms with Crippen molar-refractivity contribution in [3.63, 3.8) is 0 Å². The Labute approximate surface area is 345 Å². The van der Waals surface area contributed by atoms with E-state index in [4.69, 9.17) is 4.79 Å². The summed E-state index contributed by atoms with van der Waals surface area (Å²) in [7, 11) is 0. The van der Waals surface area contributed by atoms with Gasteiger partial charge in [0.25, 0.3) is 0 Å². The predicted molar refractivity (Wildman–Crippen MR) is 50.0 cm³/mol. The molecule has 0 saturated carbocycles. The second kappa shape index (κ2) is 43.2. The Morgan fingerprint density at radius 3 is 0.500 bits per heavy atom. The predicted octanol–water partition coefficient (Wildman–Crippen LogP) is -4.08. The van der Waals surface area contributed by atoms with E-state index in [2.05, 4.69) is 0 Å². The molecule has 0 spiro atoms. The van der Waals surface area contributed by atoms with Crippen LogP contribution in [0, 0.1) is 0 Å². The molecule has 0 N–H and O–H groups in total. The molecule has 0 radical (unpaired) electrons. The minimum atomic E-state index is 0. The van der Waals surface area contributed by atoms with Crippen LogP contribution in [0.5, 0.6) is 0 Å². The molecule has 0 heterocycles. The number of carbonyl (C=O) groups is 1. The molecule has 0 fully saturated rings. The first-order chi connectivity index (χ1) is 1.00. The van der Waals surface area contributed by atoms with Crippen molar-refractivity contribution in [2.45, 2.75) is 0 Å². The third-order valence-corrected chi connectivity index (χ3v) is 0. The molecule has 0 saturated heterocycles. The van der Waals surface area contributed by atoms with E-state index in [1.807, 2.05) is 6.79 Å². The Bertz CT molecular complexity index is 8.49. The Morgan fingerprint density at radius 2 is 0.500 bits per heavy atom. The van der Waals surface area contributed by atoms with E-state index in [1.165, 1.54) is 0 Å². The third kappa shape index (κ3) is 36.0. The van der Waals surface area contributed by atoms with Crippen molar-refractivity contribution in [2.24, 2.45) is 0 Å². The van der Waals surface area contributed by atoms with Crippen molar-refractivity contribution in [3.05, 3.63) is 0 Å². The molecule has 0 aromatic rings. The fraction of sp³-hybridized carbons (Fsp3) is 0. The molecule has 0 aliphatic heterocycles. The van der Waals surface area contributed by atoms with Gasteiger partial charge in [0.15, 0.2) is 0 Å².